The van der Waals surface area contributed by atoms with E-state index < -0.39 is 0 Å². The van der Waals surface area contributed by atoms with E-state index in [9.17, 15) is 0 Å². The van der Waals surface area contributed by atoms with Crippen molar-refractivity contribution in [3.63, 3.8) is 0 Å². The Kier molecular flexibility index (Phi) is 7.11. The molecule has 0 aromatic carbocycles. The monoisotopic (exact) mass is 412 g/mol. The molecule has 0 saturated heterocycles. The number of halogens is 1. The van der Waals surface area contributed by atoms with Crippen molar-refractivity contribution in [3.05, 3.63) is 11.3 Å². The molecule has 1 fully saturated rings. The van der Waals surface area contributed by atoms with Crippen LogP contribution < -0.4 is 5.32 Å². The van der Waals surface area contributed by atoms with Gasteiger partial charge in [0.2, 0.25) is 0 Å². The van der Waals surface area contributed by atoms with Crippen molar-refractivity contribution in [1.29, 1.82) is 0 Å². The first-order valence-corrected chi connectivity index (χ1v) is 11.6. The van der Waals surface area contributed by atoms with E-state index in [1.54, 1.807) is 5.57 Å². The molecule has 1 N–H and O–H groups in total. The lowest BCUT2D eigenvalue weighted by Gasteiger charge is -2.50. The number of amidine groups is 1. The van der Waals surface area contributed by atoms with Crippen molar-refractivity contribution in [2.75, 3.05) is 6.54 Å². The number of hydrogen-bond donors (Lipinski definition) is 1. The highest BCUT2D eigenvalue weighted by molar-refractivity contribution is 8.15. The number of allylic oxidation sites excluding steroid dienone is 1. The van der Waals surface area contributed by atoms with Gasteiger partial charge in [-0.05, 0) is 80.1 Å². The molecule has 1 saturated carbocycles. The fourth-order valence-corrected chi connectivity index (χ4v) is 6.76. The van der Waals surface area contributed by atoms with Crippen LogP contribution in [0.2, 0.25) is 0 Å². The lowest BCUT2D eigenvalue weighted by Crippen LogP contribution is -2.46. The largest absolute Gasteiger partial charge is 0.339 e. The van der Waals surface area contributed by atoms with Crippen LogP contribution in [0.3, 0.4) is 0 Å². The van der Waals surface area contributed by atoms with Gasteiger partial charge in [-0.2, -0.15) is 0 Å². The third-order valence-electron chi connectivity index (χ3n) is 7.20. The number of hydrogen-bond acceptors (Lipinski definition) is 2. The number of aliphatic imine (C=N–C) groups is 1. The normalized spacial score (nSPS) is 33.5. The van der Waals surface area contributed by atoms with Gasteiger partial charge in [-0.25, -0.2) is 0 Å². The van der Waals surface area contributed by atoms with Crippen LogP contribution in [0.15, 0.2) is 16.3 Å². The average molecular weight is 413 g/mol. The first-order valence-electron chi connectivity index (χ1n) is 10.8. The first-order chi connectivity index (χ1) is 12.0. The molecule has 0 radical (unpaired) electrons. The van der Waals surface area contributed by atoms with E-state index >= 15 is 0 Å². The van der Waals surface area contributed by atoms with Gasteiger partial charge in [0, 0.05) is 17.0 Å². The third-order valence-corrected chi connectivity index (χ3v) is 8.67. The maximum absolute atomic E-state index is 4.79. The third kappa shape index (κ3) is 4.89. The molecule has 1 heterocycles. The Labute approximate surface area is 178 Å². The number of fused-ring (bicyclic) bond motifs is 1. The topological polar surface area (TPSA) is 24.4 Å². The standard InChI is InChI=1S/C23H40N2S.ClH/c1-8-24-20-25-19-10-9-17(22(5,6)7)15-18(19)23(26-20)13-11-16(12-14-23)21(2,3)4;/h16-17H,8-15H2,1-7H3,(H,24,25);1H. The Balaban J connectivity index is 0.00000261. The van der Waals surface area contributed by atoms with Gasteiger partial charge < -0.3 is 5.32 Å². The zero-order valence-electron chi connectivity index (χ0n) is 18.6. The lowest BCUT2D eigenvalue weighted by molar-refractivity contribution is 0.159. The Morgan fingerprint density at radius 3 is 2.11 bits per heavy atom. The van der Waals surface area contributed by atoms with Gasteiger partial charge in [0.25, 0.3) is 0 Å². The lowest BCUT2D eigenvalue weighted by atomic mass is 9.64. The molecule has 1 unspecified atom stereocenters. The van der Waals surface area contributed by atoms with Crippen LogP contribution in [0.1, 0.15) is 93.4 Å². The van der Waals surface area contributed by atoms with E-state index in [0.717, 1.165) is 18.4 Å². The molecule has 27 heavy (non-hydrogen) atoms. The zero-order chi connectivity index (χ0) is 19.2. The molecule has 1 atom stereocenters. The summed E-state index contributed by atoms with van der Waals surface area (Å²) in [5.41, 5.74) is 4.14. The number of rotatable bonds is 1. The maximum atomic E-state index is 4.79. The molecule has 1 spiro atoms. The van der Waals surface area contributed by atoms with Crippen LogP contribution in [0, 0.1) is 22.7 Å². The van der Waals surface area contributed by atoms with Gasteiger partial charge in [0.1, 0.15) is 0 Å². The molecule has 2 nitrogen and oxygen atoms in total. The zero-order valence-corrected chi connectivity index (χ0v) is 20.2. The second kappa shape index (κ2) is 8.30. The summed E-state index contributed by atoms with van der Waals surface area (Å²) >= 11 is 2.07. The minimum absolute atomic E-state index is 0. The predicted octanol–water partition coefficient (Wildman–Crippen LogP) is 7.20. The minimum Gasteiger partial charge on any atom is -0.339 e. The summed E-state index contributed by atoms with van der Waals surface area (Å²) in [6, 6.07) is 0. The second-order valence-electron chi connectivity index (χ2n) is 10.9. The van der Waals surface area contributed by atoms with Crippen LogP contribution in [0.5, 0.6) is 0 Å². The van der Waals surface area contributed by atoms with Crippen LogP contribution in [0.25, 0.3) is 0 Å². The molecule has 3 rings (SSSR count). The van der Waals surface area contributed by atoms with Gasteiger partial charge in [-0.3, -0.25) is 4.99 Å². The summed E-state index contributed by atoms with van der Waals surface area (Å²) in [7, 11) is 0. The van der Waals surface area contributed by atoms with E-state index in [4.69, 9.17) is 4.99 Å². The molecule has 4 heteroatoms. The molecule has 2 aliphatic carbocycles. The Morgan fingerprint density at radius 2 is 1.59 bits per heavy atom. The summed E-state index contributed by atoms with van der Waals surface area (Å²) in [5.74, 6) is 1.67. The highest BCUT2D eigenvalue weighted by atomic mass is 35.5. The molecule has 1 aliphatic heterocycles. The first kappa shape index (κ1) is 23.1. The van der Waals surface area contributed by atoms with E-state index in [1.165, 1.54) is 55.8 Å². The SMILES string of the molecule is CCN=C1NC2=C(CC(C(C)(C)C)CC2)C2(CCC(C(C)(C)C)CC2)S1.Cl. The molecule has 0 aromatic rings. The summed E-state index contributed by atoms with van der Waals surface area (Å²) < 4.78 is 0.320. The van der Waals surface area contributed by atoms with E-state index in [0.29, 0.717) is 15.6 Å². The Morgan fingerprint density at radius 1 is 1.00 bits per heavy atom. The van der Waals surface area contributed by atoms with Crippen LogP contribution >= 0.6 is 24.2 Å². The molecule has 156 valence electrons. The van der Waals surface area contributed by atoms with Crippen molar-refractivity contribution < 1.29 is 0 Å². The molecule has 0 aromatic heterocycles. The van der Waals surface area contributed by atoms with E-state index in [1.807, 2.05) is 0 Å². The van der Waals surface area contributed by atoms with Crippen LogP contribution in [-0.4, -0.2) is 16.5 Å². The summed E-state index contributed by atoms with van der Waals surface area (Å²) in [5, 5.41) is 4.92. The molecule has 0 amide bonds. The summed E-state index contributed by atoms with van der Waals surface area (Å²) in [6.07, 6.45) is 9.22. The highest BCUT2D eigenvalue weighted by Gasteiger charge is 2.48. The smallest absolute Gasteiger partial charge is 0.161 e. The van der Waals surface area contributed by atoms with Gasteiger partial charge in [-0.1, -0.05) is 53.3 Å². The maximum Gasteiger partial charge on any atom is 0.161 e. The van der Waals surface area contributed by atoms with Crippen molar-refractivity contribution in [3.8, 4) is 0 Å². The van der Waals surface area contributed by atoms with Crippen molar-refractivity contribution >= 4 is 29.3 Å². The van der Waals surface area contributed by atoms with Crippen LogP contribution in [0.4, 0.5) is 0 Å². The van der Waals surface area contributed by atoms with Crippen LogP contribution in [-0.2, 0) is 0 Å². The number of nitrogens with one attached hydrogen (secondary N) is 1. The Hall–Kier alpha value is -0.150. The quantitative estimate of drug-likeness (QED) is 0.492. The second-order valence-corrected chi connectivity index (χ2v) is 12.3. The molecular weight excluding hydrogens is 372 g/mol. The fourth-order valence-electron chi connectivity index (χ4n) is 5.25. The highest BCUT2D eigenvalue weighted by Crippen LogP contribution is 2.56. The summed E-state index contributed by atoms with van der Waals surface area (Å²) in [4.78, 5) is 4.79. The fraction of sp³-hybridized carbons (Fsp3) is 0.870. The van der Waals surface area contributed by atoms with E-state index in [-0.39, 0.29) is 12.4 Å². The molecule has 0 bridgehead atoms. The average Bonchev–Trinajstić information content (AvgIpc) is 2.53. The Bertz CT molecular complexity index is 586. The van der Waals surface area contributed by atoms with Crippen molar-refractivity contribution in [2.24, 2.45) is 27.7 Å². The van der Waals surface area contributed by atoms with Gasteiger partial charge in [-0.15, -0.1) is 12.4 Å². The summed E-state index contributed by atoms with van der Waals surface area (Å²) in [6.45, 7) is 17.6. The number of thioether (sulfide) groups is 1. The van der Waals surface area contributed by atoms with Gasteiger partial charge in [0.15, 0.2) is 5.17 Å². The van der Waals surface area contributed by atoms with E-state index in [2.05, 4.69) is 65.5 Å². The minimum atomic E-state index is 0. The van der Waals surface area contributed by atoms with Crippen molar-refractivity contribution in [2.45, 2.75) is 98.2 Å². The molecular formula is C23H41ClN2S. The van der Waals surface area contributed by atoms with Crippen molar-refractivity contribution in [1.82, 2.24) is 5.32 Å². The van der Waals surface area contributed by atoms with Gasteiger partial charge in [0.05, 0.1) is 0 Å². The number of nitrogens with zero attached hydrogens (tertiary/aromatic N) is 1. The predicted molar refractivity (Wildman–Crippen MR) is 124 cm³/mol. The molecule has 3 aliphatic rings. The van der Waals surface area contributed by atoms with Gasteiger partial charge >= 0.3 is 0 Å².